The zero-order chi connectivity index (χ0) is 22.7. The molecule has 0 radical (unpaired) electrons. The van der Waals surface area contributed by atoms with E-state index in [0.29, 0.717) is 12.8 Å². The van der Waals surface area contributed by atoms with Crippen LogP contribution in [-0.2, 0) is 21.5 Å². The van der Waals surface area contributed by atoms with Crippen LogP contribution >= 0.6 is 11.5 Å². The largest absolute Gasteiger partial charge is 0.395 e. The molecule has 0 aliphatic heterocycles. The second-order valence-electron chi connectivity index (χ2n) is 10.2. The fraction of sp³-hybridized carbons (Fsp3) is 0.783. The smallest absolute Gasteiger partial charge is 0.253 e. The fourth-order valence-electron chi connectivity index (χ4n) is 4.20. The Bertz CT molecular complexity index is 831. The van der Waals surface area contributed by atoms with Gasteiger partial charge in [-0.3, -0.25) is 13.5 Å². The molecule has 1 aromatic heterocycles. The lowest BCUT2D eigenvalue weighted by atomic mass is 9.65. The zero-order valence-corrected chi connectivity index (χ0v) is 20.5. The Morgan fingerprint density at radius 2 is 2.00 bits per heavy atom. The first-order valence-electron chi connectivity index (χ1n) is 11.1. The summed E-state index contributed by atoms with van der Waals surface area (Å²) < 4.78 is 2.98. The first-order chi connectivity index (χ1) is 13.9. The van der Waals surface area contributed by atoms with Crippen molar-refractivity contribution in [3.8, 4) is 0 Å². The maximum absolute atomic E-state index is 13.5. The quantitative estimate of drug-likeness (QED) is 0.683. The Morgan fingerprint density at radius 1 is 1.33 bits per heavy atom. The molecule has 2 N–H and O–H groups in total. The third kappa shape index (κ3) is 4.88. The number of hydrogen-bond donors (Lipinski definition) is 2. The number of carbonyl (C=O) groups is 2. The lowest BCUT2D eigenvalue weighted by Gasteiger charge is -2.38. The number of nitrogens with zero attached hydrogens (tertiary/aromatic N) is 2. The van der Waals surface area contributed by atoms with E-state index in [9.17, 15) is 9.59 Å². The van der Waals surface area contributed by atoms with Crippen LogP contribution in [0, 0.1) is 16.7 Å². The van der Waals surface area contributed by atoms with Crippen molar-refractivity contribution in [3.63, 3.8) is 0 Å². The van der Waals surface area contributed by atoms with Crippen molar-refractivity contribution in [2.45, 2.75) is 86.1 Å². The van der Waals surface area contributed by atoms with E-state index >= 15 is 0 Å². The average molecular weight is 438 g/mol. The summed E-state index contributed by atoms with van der Waals surface area (Å²) in [5, 5.41) is 11.8. The number of carbonyl (C=O) groups excluding carboxylic acids is 2. The summed E-state index contributed by atoms with van der Waals surface area (Å²) in [7, 11) is 0. The molecule has 170 valence electrons. The molecule has 1 aliphatic rings. The minimum Gasteiger partial charge on any atom is -0.395 e. The van der Waals surface area contributed by atoms with Gasteiger partial charge >= 0.3 is 0 Å². The number of aliphatic hydroxyl groups is 1. The third-order valence-corrected chi connectivity index (χ3v) is 8.20. The number of rotatable bonds is 7. The van der Waals surface area contributed by atoms with Crippen molar-refractivity contribution >= 4 is 23.3 Å². The number of nitrogens with one attached hydrogen (secondary N) is 1. The molecule has 6 nitrogen and oxygen atoms in total. The summed E-state index contributed by atoms with van der Waals surface area (Å²) in [6.07, 6.45) is 6.49. The molecule has 2 amide bonds. The molecule has 1 fully saturated rings. The van der Waals surface area contributed by atoms with Gasteiger partial charge in [-0.2, -0.15) is 0 Å². The predicted octanol–water partition coefficient (Wildman–Crippen LogP) is 3.63. The summed E-state index contributed by atoms with van der Waals surface area (Å²) in [6.45, 7) is 14.7. The lowest BCUT2D eigenvalue weighted by molar-refractivity contribution is -0.136. The van der Waals surface area contributed by atoms with Gasteiger partial charge in [0.1, 0.15) is 4.67 Å². The normalized spacial score (nSPS) is 24.3. The highest BCUT2D eigenvalue weighted by Gasteiger charge is 2.58. The van der Waals surface area contributed by atoms with Crippen molar-refractivity contribution in [2.24, 2.45) is 21.7 Å². The fourth-order valence-corrected chi connectivity index (χ4v) is 5.23. The molecule has 0 unspecified atom stereocenters. The second kappa shape index (κ2) is 9.35. The maximum atomic E-state index is 13.5. The number of amides is 2. The van der Waals surface area contributed by atoms with Crippen LogP contribution in [0.2, 0.25) is 0 Å². The summed E-state index contributed by atoms with van der Waals surface area (Å²) in [6, 6.07) is 0. The van der Waals surface area contributed by atoms with Gasteiger partial charge in [-0.1, -0.05) is 34.1 Å². The van der Waals surface area contributed by atoms with Gasteiger partial charge in [-0.25, -0.2) is 4.99 Å². The van der Waals surface area contributed by atoms with E-state index in [1.54, 1.807) is 11.5 Å². The van der Waals surface area contributed by atoms with Gasteiger partial charge in [-0.15, -0.1) is 0 Å². The molecule has 1 heterocycles. The summed E-state index contributed by atoms with van der Waals surface area (Å²) in [5.41, 5.74) is -0.155. The van der Waals surface area contributed by atoms with Gasteiger partial charge in [0.05, 0.1) is 12.0 Å². The second-order valence-corrected chi connectivity index (χ2v) is 11.2. The van der Waals surface area contributed by atoms with Crippen LogP contribution in [0.1, 0.15) is 79.7 Å². The Morgan fingerprint density at radius 3 is 2.57 bits per heavy atom. The summed E-state index contributed by atoms with van der Waals surface area (Å²) in [5.74, 6) is -0.489. The minimum absolute atomic E-state index is 0.0606. The third-order valence-electron chi connectivity index (χ3n) is 6.82. The van der Waals surface area contributed by atoms with Crippen LogP contribution in [-0.4, -0.2) is 34.0 Å². The van der Waals surface area contributed by atoms with E-state index < -0.39 is 10.8 Å². The van der Waals surface area contributed by atoms with Crippen molar-refractivity contribution in [1.29, 1.82) is 0 Å². The lowest BCUT2D eigenvalue weighted by Crippen LogP contribution is -2.45. The highest BCUT2D eigenvalue weighted by atomic mass is 32.1. The SMILES string of the molecule is CCCCc1cn(C(C)(C)C)s/c1=N\C(=O)[C@@]1(C)CC[C@@H](C(=O)NCCO)C1(C)C. The van der Waals surface area contributed by atoms with E-state index in [1.165, 1.54) is 0 Å². The minimum atomic E-state index is -0.702. The number of unbranched alkanes of at least 4 members (excludes halogenated alkanes) is 1. The maximum Gasteiger partial charge on any atom is 0.253 e. The van der Waals surface area contributed by atoms with E-state index in [-0.39, 0.29) is 36.4 Å². The van der Waals surface area contributed by atoms with Crippen LogP contribution in [0.15, 0.2) is 11.2 Å². The molecule has 1 aromatic rings. The van der Waals surface area contributed by atoms with E-state index in [2.05, 4.69) is 48.2 Å². The van der Waals surface area contributed by atoms with E-state index in [1.807, 2.05) is 20.8 Å². The number of aryl methyl sites for hydroxylation is 1. The Kier molecular flexibility index (Phi) is 7.73. The van der Waals surface area contributed by atoms with Gasteiger partial charge in [0, 0.05) is 29.8 Å². The van der Waals surface area contributed by atoms with Crippen molar-refractivity contribution in [1.82, 2.24) is 9.27 Å². The van der Waals surface area contributed by atoms with Crippen molar-refractivity contribution in [2.75, 3.05) is 13.2 Å². The molecule has 1 saturated carbocycles. The molecule has 0 saturated heterocycles. The number of aromatic nitrogens is 1. The van der Waals surface area contributed by atoms with E-state index in [0.717, 1.165) is 29.5 Å². The zero-order valence-electron chi connectivity index (χ0n) is 19.7. The van der Waals surface area contributed by atoms with Crippen molar-refractivity contribution in [3.05, 3.63) is 16.4 Å². The van der Waals surface area contributed by atoms with Gasteiger partial charge in [0.15, 0.2) is 0 Å². The molecule has 7 heteroatoms. The van der Waals surface area contributed by atoms with Crippen LogP contribution < -0.4 is 9.99 Å². The Balaban J connectivity index is 2.39. The van der Waals surface area contributed by atoms with Crippen LogP contribution in [0.3, 0.4) is 0 Å². The van der Waals surface area contributed by atoms with Crippen LogP contribution in [0.5, 0.6) is 0 Å². The molecule has 0 spiro atoms. The van der Waals surface area contributed by atoms with Crippen LogP contribution in [0.4, 0.5) is 0 Å². The Labute approximate surface area is 184 Å². The monoisotopic (exact) mass is 437 g/mol. The first-order valence-corrected chi connectivity index (χ1v) is 11.9. The van der Waals surface area contributed by atoms with Crippen LogP contribution in [0.25, 0.3) is 0 Å². The first kappa shape index (κ1) is 24.8. The van der Waals surface area contributed by atoms with Gasteiger partial charge in [0.25, 0.3) is 5.91 Å². The summed E-state index contributed by atoms with van der Waals surface area (Å²) in [4.78, 5) is 30.7. The highest BCUT2D eigenvalue weighted by molar-refractivity contribution is 7.04. The summed E-state index contributed by atoms with van der Waals surface area (Å²) >= 11 is 1.54. The average Bonchev–Trinajstić information content (AvgIpc) is 3.17. The topological polar surface area (TPSA) is 83.7 Å². The molecule has 2 rings (SSSR count). The molecule has 1 aliphatic carbocycles. The highest BCUT2D eigenvalue weighted by Crippen LogP contribution is 2.56. The molecular weight excluding hydrogens is 398 g/mol. The standard InChI is InChI=1S/C23H39N3O3S/c1-8-9-10-16-15-26(21(2,3)4)30-19(16)25-20(29)23(7)12-11-17(22(23,5)6)18(28)24-13-14-27/h15,17,27H,8-14H2,1-7H3,(H,24,28)/b25-19-/t17-,23+/m0/s1. The van der Waals surface area contributed by atoms with E-state index in [4.69, 9.17) is 5.11 Å². The molecular formula is C23H39N3O3S. The number of hydrogen-bond acceptors (Lipinski definition) is 4. The van der Waals surface area contributed by atoms with Gasteiger partial charge < -0.3 is 10.4 Å². The predicted molar refractivity (Wildman–Crippen MR) is 121 cm³/mol. The van der Waals surface area contributed by atoms with Gasteiger partial charge in [0.2, 0.25) is 5.91 Å². The van der Waals surface area contributed by atoms with Crippen molar-refractivity contribution < 1.29 is 14.7 Å². The number of aliphatic hydroxyl groups excluding tert-OH is 1. The molecule has 2 atom stereocenters. The Hall–Kier alpha value is -1.47. The molecule has 0 aromatic carbocycles. The molecule has 30 heavy (non-hydrogen) atoms. The van der Waals surface area contributed by atoms with Gasteiger partial charge in [-0.05, 0) is 63.4 Å². The molecule has 0 bridgehead atoms.